The van der Waals surface area contributed by atoms with E-state index in [-0.39, 0.29) is 12.6 Å². The van der Waals surface area contributed by atoms with E-state index in [1.54, 1.807) is 0 Å². The largest absolute Gasteiger partial charge is 0.256 e. The van der Waals surface area contributed by atoms with Crippen molar-refractivity contribution in [3.8, 4) is 11.8 Å². The molecule has 2 aliphatic rings. The molecule has 2 aliphatic carbocycles. The van der Waals surface area contributed by atoms with Gasteiger partial charge in [-0.1, -0.05) is 104 Å². The van der Waals surface area contributed by atoms with Crippen LogP contribution in [0.15, 0.2) is 84.6 Å². The third-order valence-electron chi connectivity index (χ3n) is 9.23. The van der Waals surface area contributed by atoms with Crippen LogP contribution >= 0.6 is 0 Å². The lowest BCUT2D eigenvalue weighted by atomic mass is 9.74. The van der Waals surface area contributed by atoms with Crippen LogP contribution in [-0.4, -0.2) is 11.7 Å². The Kier molecular flexibility index (Phi) is 11.4. The molecule has 4 atom stereocenters. The minimum Gasteiger partial charge on any atom is -0.256 e. The van der Waals surface area contributed by atoms with Crippen molar-refractivity contribution in [2.45, 2.75) is 85.5 Å². The van der Waals surface area contributed by atoms with Gasteiger partial charge in [0.15, 0.2) is 0 Å². The molecule has 1 heterocycles. The lowest BCUT2D eigenvalue weighted by Crippen LogP contribution is -2.18. The summed E-state index contributed by atoms with van der Waals surface area (Å²) in [5.41, 5.74) is 11.3. The smallest absolute Gasteiger partial charge is 0.0922 e. The molecule has 1 aromatic heterocycles. The van der Waals surface area contributed by atoms with Gasteiger partial charge in [0.25, 0.3) is 0 Å². The van der Waals surface area contributed by atoms with Crippen molar-refractivity contribution in [3.63, 3.8) is 0 Å². The molecule has 4 rings (SSSR count). The third-order valence-corrected chi connectivity index (χ3v) is 9.23. The molecule has 2 heteroatoms. The molecule has 0 radical (unpaired) electrons. The molecule has 0 saturated carbocycles. The number of nitrogens with zero attached hydrogens (tertiary/aromatic N) is 1. The summed E-state index contributed by atoms with van der Waals surface area (Å²) in [4.78, 5) is 5.06. The fourth-order valence-corrected chi connectivity index (χ4v) is 6.37. The standard InChI is InChI=1S/C40H48FN/c1-7-9-11-17-35-36-22-18-28(3)24-37(36)31(6)38(34-16-13-12-14-29(4)30(34)5)25-39(35)40-23-21-33(27-42-40)20-19-32(26-41)15-10-8-2/h8,12-14,16,18,21-24,27,30-32,38H,2,7,9-10,15,19-20,25-26H2,1,3-6H3. The number of halogens is 1. The molecule has 0 bridgehead atoms. The summed E-state index contributed by atoms with van der Waals surface area (Å²) in [6.07, 6.45) is 19.1. The number of benzene rings is 1. The fourth-order valence-electron chi connectivity index (χ4n) is 6.37. The minimum absolute atomic E-state index is 0.0799. The fraction of sp³-hybridized carbons (Fsp3) is 0.425. The second-order valence-electron chi connectivity index (χ2n) is 12.3. The Hall–Kier alpha value is -3.44. The van der Waals surface area contributed by atoms with Crippen LogP contribution in [0, 0.1) is 36.5 Å². The van der Waals surface area contributed by atoms with E-state index in [0.29, 0.717) is 17.8 Å². The Morgan fingerprint density at radius 1 is 1.10 bits per heavy atom. The molecule has 220 valence electrons. The topological polar surface area (TPSA) is 12.9 Å². The monoisotopic (exact) mass is 561 g/mol. The van der Waals surface area contributed by atoms with E-state index in [9.17, 15) is 4.39 Å². The van der Waals surface area contributed by atoms with E-state index in [1.807, 2.05) is 12.3 Å². The summed E-state index contributed by atoms with van der Waals surface area (Å²) in [6, 6.07) is 11.2. The molecule has 0 N–H and O–H groups in total. The average Bonchev–Trinajstić information content (AvgIpc) is 3.23. The number of hydrogen-bond donors (Lipinski definition) is 0. The Morgan fingerprint density at radius 3 is 2.62 bits per heavy atom. The van der Waals surface area contributed by atoms with Crippen molar-refractivity contribution in [1.29, 1.82) is 0 Å². The van der Waals surface area contributed by atoms with E-state index in [2.05, 4.69) is 108 Å². The molecule has 0 spiro atoms. The third kappa shape index (κ3) is 7.49. The quantitative estimate of drug-likeness (QED) is 0.208. The number of alkyl halides is 1. The molecule has 1 aromatic carbocycles. The Labute approximate surface area is 254 Å². The number of allylic oxidation sites excluding steroid dienone is 9. The number of rotatable bonds is 10. The highest BCUT2D eigenvalue weighted by atomic mass is 19.1. The normalized spacial score (nSPS) is 20.9. The van der Waals surface area contributed by atoms with Crippen molar-refractivity contribution < 1.29 is 4.39 Å². The Morgan fingerprint density at radius 2 is 1.90 bits per heavy atom. The van der Waals surface area contributed by atoms with E-state index >= 15 is 0 Å². The van der Waals surface area contributed by atoms with Crippen LogP contribution in [0.25, 0.3) is 11.1 Å². The summed E-state index contributed by atoms with van der Waals surface area (Å²) >= 11 is 0. The predicted molar refractivity (Wildman–Crippen MR) is 179 cm³/mol. The molecule has 0 fully saturated rings. The van der Waals surface area contributed by atoms with Gasteiger partial charge in [0.1, 0.15) is 0 Å². The number of aryl methyl sites for hydroxylation is 2. The van der Waals surface area contributed by atoms with Crippen LogP contribution in [0.4, 0.5) is 4.39 Å². The highest BCUT2D eigenvalue weighted by Crippen LogP contribution is 2.48. The van der Waals surface area contributed by atoms with Crippen molar-refractivity contribution >= 4 is 11.1 Å². The van der Waals surface area contributed by atoms with Crippen LogP contribution in [0.2, 0.25) is 0 Å². The maximum absolute atomic E-state index is 13.6. The second-order valence-corrected chi connectivity index (χ2v) is 12.3. The Bertz CT molecular complexity index is 1420. The molecular formula is C40H48FN. The molecule has 4 unspecified atom stereocenters. The van der Waals surface area contributed by atoms with Gasteiger partial charge in [-0.3, -0.25) is 9.37 Å². The van der Waals surface area contributed by atoms with Crippen molar-refractivity contribution in [2.24, 2.45) is 17.8 Å². The van der Waals surface area contributed by atoms with Crippen LogP contribution in [0.1, 0.15) is 100 Å². The first-order valence-corrected chi connectivity index (χ1v) is 15.9. The summed E-state index contributed by atoms with van der Waals surface area (Å²) in [6.45, 7) is 14.9. The summed E-state index contributed by atoms with van der Waals surface area (Å²) in [7, 11) is 0. The molecule has 2 aromatic rings. The van der Waals surface area contributed by atoms with Gasteiger partial charge in [-0.15, -0.1) is 6.58 Å². The first-order chi connectivity index (χ1) is 20.4. The molecule has 0 aliphatic heterocycles. The van der Waals surface area contributed by atoms with Gasteiger partial charge < -0.3 is 0 Å². The van der Waals surface area contributed by atoms with Gasteiger partial charge in [-0.2, -0.15) is 0 Å². The molecule has 0 amide bonds. The molecule has 1 nitrogen and oxygen atoms in total. The van der Waals surface area contributed by atoms with Crippen LogP contribution in [0.5, 0.6) is 0 Å². The van der Waals surface area contributed by atoms with Crippen LogP contribution in [0.3, 0.4) is 0 Å². The second kappa shape index (κ2) is 15.2. The highest BCUT2D eigenvalue weighted by Gasteiger charge is 2.34. The number of aromatic nitrogens is 1. The molecular weight excluding hydrogens is 513 g/mol. The zero-order chi connectivity index (χ0) is 30.1. The van der Waals surface area contributed by atoms with Gasteiger partial charge in [-0.25, -0.2) is 0 Å². The summed E-state index contributed by atoms with van der Waals surface area (Å²) in [5.74, 6) is 8.22. The average molecular weight is 562 g/mol. The van der Waals surface area contributed by atoms with Gasteiger partial charge >= 0.3 is 0 Å². The van der Waals surface area contributed by atoms with Crippen molar-refractivity contribution in [3.05, 3.63) is 113 Å². The maximum Gasteiger partial charge on any atom is 0.0922 e. The predicted octanol–water partition coefficient (Wildman–Crippen LogP) is 10.8. The Balaban J connectivity index is 1.80. The van der Waals surface area contributed by atoms with E-state index < -0.39 is 0 Å². The number of unbranched alkanes of at least 4 members (excludes halogenated alkanes) is 1. The maximum atomic E-state index is 13.6. The van der Waals surface area contributed by atoms with Gasteiger partial charge in [0, 0.05) is 18.2 Å². The van der Waals surface area contributed by atoms with Gasteiger partial charge in [0.05, 0.1) is 12.4 Å². The number of hydrogen-bond acceptors (Lipinski definition) is 1. The number of fused-ring (bicyclic) bond motifs is 1. The molecule has 42 heavy (non-hydrogen) atoms. The van der Waals surface area contributed by atoms with E-state index in [0.717, 1.165) is 61.8 Å². The summed E-state index contributed by atoms with van der Waals surface area (Å²) < 4.78 is 13.6. The van der Waals surface area contributed by atoms with Gasteiger partial charge in [-0.05, 0) is 104 Å². The zero-order valence-corrected chi connectivity index (χ0v) is 26.3. The molecule has 0 saturated heterocycles. The zero-order valence-electron chi connectivity index (χ0n) is 26.3. The highest BCUT2D eigenvalue weighted by molar-refractivity contribution is 5.99. The van der Waals surface area contributed by atoms with Crippen molar-refractivity contribution in [1.82, 2.24) is 4.98 Å². The lowest BCUT2D eigenvalue weighted by molar-refractivity contribution is 0.329. The van der Waals surface area contributed by atoms with Crippen molar-refractivity contribution in [2.75, 3.05) is 6.67 Å². The van der Waals surface area contributed by atoms with E-state index in [4.69, 9.17) is 4.98 Å². The minimum atomic E-state index is -0.275. The first kappa shape index (κ1) is 31.5. The lowest BCUT2D eigenvalue weighted by Gasteiger charge is -2.30. The van der Waals surface area contributed by atoms with Crippen LogP contribution < -0.4 is 0 Å². The van der Waals surface area contributed by atoms with E-state index in [1.165, 1.54) is 33.4 Å². The summed E-state index contributed by atoms with van der Waals surface area (Å²) in [5, 5.41) is 0. The van der Waals surface area contributed by atoms with Gasteiger partial charge in [0.2, 0.25) is 0 Å². The first-order valence-electron chi connectivity index (χ1n) is 15.9. The number of pyridine rings is 1. The SMILES string of the molecule is C=CCCC(CF)CCc1ccc(C2=C(C#CCCC)c3ccc(C)cc3C(C)C(C3=CC=CC=C(C)C3C)C2)nc1. The van der Waals surface area contributed by atoms with Crippen LogP contribution in [-0.2, 0) is 6.42 Å².